The quantitative estimate of drug-likeness (QED) is 0.382. The third-order valence-corrected chi connectivity index (χ3v) is 9.24. The molecule has 3 fully saturated rings. The fourth-order valence-electron chi connectivity index (χ4n) is 6.68. The van der Waals surface area contributed by atoms with Crippen LogP contribution in [0.4, 0.5) is 11.6 Å². The van der Waals surface area contributed by atoms with Crippen molar-refractivity contribution in [3.05, 3.63) is 46.3 Å². The van der Waals surface area contributed by atoms with Crippen LogP contribution in [0.1, 0.15) is 55.2 Å². The number of aromatic nitrogens is 3. The van der Waals surface area contributed by atoms with Gasteiger partial charge in [0.1, 0.15) is 47.6 Å². The summed E-state index contributed by atoms with van der Waals surface area (Å²) < 4.78 is 13.5. The molecule has 1 aliphatic heterocycles. The summed E-state index contributed by atoms with van der Waals surface area (Å²) in [4.78, 5) is 13.2. The number of anilines is 2. The highest BCUT2D eigenvalue weighted by Gasteiger charge is 2.64. The highest BCUT2D eigenvalue weighted by Crippen LogP contribution is 2.58. The third-order valence-electron chi connectivity index (χ3n) is 8.61. The molecule has 4 aliphatic rings. The van der Waals surface area contributed by atoms with Crippen molar-refractivity contribution in [1.82, 2.24) is 15.0 Å². The average Bonchev–Trinajstić information content (AvgIpc) is 3.49. The van der Waals surface area contributed by atoms with E-state index in [0.717, 1.165) is 33.1 Å². The molecule has 0 radical (unpaired) electrons. The number of rotatable bonds is 4. The molecule has 0 bridgehead atoms. The summed E-state index contributed by atoms with van der Waals surface area (Å²) in [6, 6.07) is 7.56. The fraction of sp³-hybridized carbons (Fsp3) is 0.500. The summed E-state index contributed by atoms with van der Waals surface area (Å²) in [6.07, 6.45) is 2.90. The third kappa shape index (κ3) is 3.34. The van der Waals surface area contributed by atoms with Gasteiger partial charge in [0, 0.05) is 22.9 Å². The number of ether oxygens (including phenoxy) is 2. The van der Waals surface area contributed by atoms with E-state index < -0.39 is 30.0 Å². The number of hydrogen-bond donors (Lipinski definition) is 4. The highest BCUT2D eigenvalue weighted by atomic mass is 79.9. The van der Waals surface area contributed by atoms with Crippen LogP contribution < -0.4 is 16.2 Å². The zero-order valence-electron chi connectivity index (χ0n) is 19.5. The van der Waals surface area contributed by atoms with Crippen LogP contribution in [-0.4, -0.2) is 55.2 Å². The standard InChI is InChI=1S/C26H28BrN5O4/c27-16-7-12-3-4-13(8-17(12)32-24(16)28)35-18-5-6-26(34)22(33)21(36-23(18)26)15-9-14(11-1-2-11)19-20(15)30-10-31-25(19)29/h3-4,7-8,10-11,14-15,18,21-23,33-34H,1-2,5-6,9H2,(H2,28,32)(H2,29,30,31)/t14?,15?,18-,21-,22-,23+,26-/m0/s1. The molecule has 0 spiro atoms. The van der Waals surface area contributed by atoms with Crippen molar-refractivity contribution in [1.29, 1.82) is 0 Å². The first-order valence-corrected chi connectivity index (χ1v) is 13.3. The first kappa shape index (κ1) is 22.7. The minimum Gasteiger partial charge on any atom is -0.488 e. The van der Waals surface area contributed by atoms with E-state index in [9.17, 15) is 10.2 Å². The van der Waals surface area contributed by atoms with Gasteiger partial charge >= 0.3 is 0 Å². The molecule has 1 aromatic carbocycles. The molecule has 7 atom stereocenters. The van der Waals surface area contributed by atoms with Crippen molar-refractivity contribution in [3.63, 3.8) is 0 Å². The van der Waals surface area contributed by atoms with Crippen molar-refractivity contribution < 1.29 is 19.7 Å². The van der Waals surface area contributed by atoms with Gasteiger partial charge in [-0.3, -0.25) is 0 Å². The summed E-state index contributed by atoms with van der Waals surface area (Å²) in [6.45, 7) is 0. The van der Waals surface area contributed by atoms with Gasteiger partial charge in [-0.2, -0.15) is 0 Å². The molecular formula is C26H28BrN5O4. The van der Waals surface area contributed by atoms with E-state index in [2.05, 4.69) is 30.9 Å². The number of aliphatic hydroxyl groups is 2. The van der Waals surface area contributed by atoms with E-state index in [-0.39, 0.29) is 11.8 Å². The van der Waals surface area contributed by atoms with Crippen LogP contribution >= 0.6 is 15.9 Å². The minimum absolute atomic E-state index is 0.146. The van der Waals surface area contributed by atoms with E-state index in [1.165, 1.54) is 19.2 Å². The number of benzene rings is 1. The molecule has 0 amide bonds. The zero-order chi connectivity index (χ0) is 24.8. The number of nitrogen functional groups attached to an aromatic ring is 2. The lowest BCUT2D eigenvalue weighted by Crippen LogP contribution is -2.48. The van der Waals surface area contributed by atoms with Crippen LogP contribution in [0.2, 0.25) is 0 Å². The summed E-state index contributed by atoms with van der Waals surface area (Å²) in [5, 5.41) is 23.9. The number of hydrogen-bond acceptors (Lipinski definition) is 9. The average molecular weight is 554 g/mol. The summed E-state index contributed by atoms with van der Waals surface area (Å²) in [5.74, 6) is 2.26. The lowest BCUT2D eigenvalue weighted by Gasteiger charge is -2.27. The van der Waals surface area contributed by atoms with Crippen molar-refractivity contribution in [2.75, 3.05) is 11.5 Å². The maximum absolute atomic E-state index is 11.6. The molecule has 2 unspecified atom stereocenters. The number of fused-ring (bicyclic) bond motifs is 3. The van der Waals surface area contributed by atoms with Crippen molar-refractivity contribution in [3.8, 4) is 5.75 Å². The fourth-order valence-corrected chi connectivity index (χ4v) is 7.01. The molecule has 9 nitrogen and oxygen atoms in total. The van der Waals surface area contributed by atoms with Gasteiger partial charge in [-0.05, 0) is 78.1 Å². The topological polar surface area (TPSA) is 150 Å². The number of pyridine rings is 1. The van der Waals surface area contributed by atoms with Crippen LogP contribution in [-0.2, 0) is 4.74 Å². The Morgan fingerprint density at radius 3 is 2.72 bits per heavy atom. The Morgan fingerprint density at radius 2 is 1.92 bits per heavy atom. The summed E-state index contributed by atoms with van der Waals surface area (Å²) >= 11 is 3.41. The van der Waals surface area contributed by atoms with Crippen LogP contribution in [0.25, 0.3) is 10.9 Å². The number of aliphatic hydroxyl groups excluding tert-OH is 1. The molecule has 3 heterocycles. The lowest BCUT2D eigenvalue weighted by atomic mass is 9.85. The van der Waals surface area contributed by atoms with Crippen LogP contribution in [0.3, 0.4) is 0 Å². The Bertz CT molecular complexity index is 1370. The van der Waals surface area contributed by atoms with E-state index in [0.29, 0.717) is 36.1 Å². The summed E-state index contributed by atoms with van der Waals surface area (Å²) in [7, 11) is 0. The van der Waals surface area contributed by atoms with Crippen LogP contribution in [0.15, 0.2) is 35.1 Å². The van der Waals surface area contributed by atoms with E-state index in [1.807, 2.05) is 24.3 Å². The second-order valence-corrected chi connectivity index (χ2v) is 11.6. The first-order chi connectivity index (χ1) is 17.3. The number of nitrogens with zero attached hydrogens (tertiary/aromatic N) is 3. The predicted octanol–water partition coefficient (Wildman–Crippen LogP) is 3.03. The van der Waals surface area contributed by atoms with Gasteiger partial charge in [0.15, 0.2) is 0 Å². The first-order valence-electron chi connectivity index (χ1n) is 12.5. The van der Waals surface area contributed by atoms with Crippen molar-refractivity contribution >= 4 is 38.5 Å². The van der Waals surface area contributed by atoms with Crippen molar-refractivity contribution in [2.24, 2.45) is 5.92 Å². The monoisotopic (exact) mass is 553 g/mol. The SMILES string of the molecule is Nc1nc2cc(O[C@H]3CC[C@@]4(O)[C@@H]3O[C@@H](C3CC(C5CC5)c5c(N)ncnc53)[C@@H]4O)ccc2cc1Br. The van der Waals surface area contributed by atoms with Gasteiger partial charge < -0.3 is 31.2 Å². The van der Waals surface area contributed by atoms with Crippen molar-refractivity contribution in [2.45, 2.75) is 74.0 Å². The molecule has 6 N–H and O–H groups in total. The second kappa shape index (κ2) is 7.98. The molecule has 3 aromatic rings. The van der Waals surface area contributed by atoms with Gasteiger partial charge in [-0.15, -0.1) is 0 Å². The lowest BCUT2D eigenvalue weighted by molar-refractivity contribution is -0.0774. The van der Waals surface area contributed by atoms with Gasteiger partial charge in [0.25, 0.3) is 0 Å². The Labute approximate surface area is 216 Å². The normalized spacial score (nSPS) is 35.2. The smallest absolute Gasteiger partial charge is 0.138 e. The minimum atomic E-state index is -1.38. The van der Waals surface area contributed by atoms with Gasteiger partial charge in [-0.1, -0.05) is 0 Å². The van der Waals surface area contributed by atoms with E-state index in [1.54, 1.807) is 0 Å². The number of halogens is 1. The molecule has 2 saturated carbocycles. The maximum atomic E-state index is 11.6. The van der Waals surface area contributed by atoms with E-state index >= 15 is 0 Å². The molecule has 188 valence electrons. The Balaban J connectivity index is 1.16. The molecule has 2 aromatic heterocycles. The molecular weight excluding hydrogens is 526 g/mol. The molecule has 10 heteroatoms. The summed E-state index contributed by atoms with van der Waals surface area (Å²) in [5.41, 5.74) is 13.4. The largest absolute Gasteiger partial charge is 0.488 e. The Hall–Kier alpha value is -2.53. The molecule has 1 saturated heterocycles. The Kier molecular flexibility index (Phi) is 5.02. The second-order valence-electron chi connectivity index (χ2n) is 10.7. The highest BCUT2D eigenvalue weighted by molar-refractivity contribution is 9.10. The molecule has 36 heavy (non-hydrogen) atoms. The van der Waals surface area contributed by atoms with E-state index in [4.69, 9.17) is 20.9 Å². The zero-order valence-corrected chi connectivity index (χ0v) is 21.1. The number of nitrogens with two attached hydrogens (primary N) is 2. The van der Waals surface area contributed by atoms with Gasteiger partial charge in [-0.25, -0.2) is 15.0 Å². The predicted molar refractivity (Wildman–Crippen MR) is 136 cm³/mol. The van der Waals surface area contributed by atoms with Crippen LogP contribution in [0.5, 0.6) is 5.75 Å². The van der Waals surface area contributed by atoms with Gasteiger partial charge in [0.2, 0.25) is 0 Å². The molecule has 3 aliphatic carbocycles. The maximum Gasteiger partial charge on any atom is 0.138 e. The molecule has 7 rings (SSSR count). The van der Waals surface area contributed by atoms with Crippen LogP contribution in [0, 0.1) is 5.92 Å². The van der Waals surface area contributed by atoms with Gasteiger partial charge in [0.05, 0.1) is 21.8 Å². The Morgan fingerprint density at radius 1 is 1.08 bits per heavy atom.